The van der Waals surface area contributed by atoms with Gasteiger partial charge in [-0.15, -0.1) is 11.3 Å². The number of sulfonamides is 1. The van der Waals surface area contributed by atoms with Crippen LogP contribution in [0.15, 0.2) is 28.6 Å². The van der Waals surface area contributed by atoms with Crippen LogP contribution < -0.4 is 15.8 Å². The van der Waals surface area contributed by atoms with E-state index in [-0.39, 0.29) is 22.2 Å². The van der Waals surface area contributed by atoms with Gasteiger partial charge in [0.25, 0.3) is 10.0 Å². The summed E-state index contributed by atoms with van der Waals surface area (Å²) in [5.74, 6) is -0.889. The van der Waals surface area contributed by atoms with Gasteiger partial charge in [-0.3, -0.25) is 4.72 Å². The number of anilines is 2. The quantitative estimate of drug-likeness (QED) is 0.709. The van der Waals surface area contributed by atoms with E-state index in [4.69, 9.17) is 17.3 Å². The molecule has 0 spiro atoms. The molecular weight excluding hydrogens is 387 g/mol. The van der Waals surface area contributed by atoms with Crippen molar-refractivity contribution in [3.63, 3.8) is 0 Å². The Kier molecular flexibility index (Phi) is 5.47. The van der Waals surface area contributed by atoms with Crippen molar-refractivity contribution in [2.75, 3.05) is 10.0 Å². The van der Waals surface area contributed by atoms with E-state index in [0.29, 0.717) is 5.69 Å². The van der Waals surface area contributed by atoms with Crippen LogP contribution in [-0.4, -0.2) is 25.5 Å². The maximum Gasteiger partial charge on any atom is 0.266 e. The van der Waals surface area contributed by atoms with E-state index in [9.17, 15) is 12.8 Å². The predicted molar refractivity (Wildman–Crippen MR) is 98.2 cm³/mol. The Morgan fingerprint density at radius 1 is 1.32 bits per heavy atom. The van der Waals surface area contributed by atoms with Gasteiger partial charge in [-0.1, -0.05) is 24.4 Å². The van der Waals surface area contributed by atoms with E-state index in [1.54, 1.807) is 5.38 Å². The molecule has 4 N–H and O–H groups in total. The van der Waals surface area contributed by atoms with Gasteiger partial charge in [0.05, 0.1) is 10.7 Å². The van der Waals surface area contributed by atoms with Crippen molar-refractivity contribution < 1.29 is 12.8 Å². The second kappa shape index (κ2) is 7.45. The first-order valence-corrected chi connectivity index (χ1v) is 10.5. The Hall–Kier alpha value is -1.42. The summed E-state index contributed by atoms with van der Waals surface area (Å²) < 4.78 is 41.4. The molecule has 6 nitrogen and oxygen atoms in total. The Labute approximate surface area is 154 Å². The second-order valence-electron chi connectivity index (χ2n) is 5.90. The largest absolute Gasteiger partial charge is 0.379 e. The summed E-state index contributed by atoms with van der Waals surface area (Å²) in [5.41, 5.74) is 6.42. The minimum atomic E-state index is -4.11. The van der Waals surface area contributed by atoms with Gasteiger partial charge in [-0.2, -0.15) is 0 Å². The van der Waals surface area contributed by atoms with Crippen molar-refractivity contribution >= 4 is 43.8 Å². The van der Waals surface area contributed by atoms with Crippen molar-refractivity contribution in [1.82, 2.24) is 4.98 Å². The van der Waals surface area contributed by atoms with Gasteiger partial charge < -0.3 is 11.1 Å². The van der Waals surface area contributed by atoms with Crippen LogP contribution in [0, 0.1) is 5.82 Å². The molecule has 1 fully saturated rings. The number of nitrogens with one attached hydrogen (secondary N) is 2. The van der Waals surface area contributed by atoms with Crippen LogP contribution in [0.2, 0.25) is 5.02 Å². The molecule has 0 unspecified atom stereocenters. The minimum Gasteiger partial charge on any atom is -0.379 e. The summed E-state index contributed by atoms with van der Waals surface area (Å²) in [6, 6.07) is 2.15. The summed E-state index contributed by atoms with van der Waals surface area (Å²) in [5, 5.41) is 5.04. The van der Waals surface area contributed by atoms with Gasteiger partial charge in [0.15, 0.2) is 5.13 Å². The molecular formula is C15H18ClFN4O2S2. The van der Waals surface area contributed by atoms with Crippen LogP contribution >= 0.6 is 22.9 Å². The van der Waals surface area contributed by atoms with Crippen LogP contribution in [0.25, 0.3) is 0 Å². The maximum atomic E-state index is 14.4. The van der Waals surface area contributed by atoms with Gasteiger partial charge >= 0.3 is 0 Å². The molecule has 1 heterocycles. The molecule has 2 atom stereocenters. The average Bonchev–Trinajstić information content (AvgIpc) is 3.04. The van der Waals surface area contributed by atoms with Crippen LogP contribution in [-0.2, 0) is 10.0 Å². The summed E-state index contributed by atoms with van der Waals surface area (Å²) in [6.07, 6.45) is 5.32. The third-order valence-electron chi connectivity index (χ3n) is 4.13. The summed E-state index contributed by atoms with van der Waals surface area (Å²) in [7, 11) is -4.11. The molecule has 3 rings (SSSR count). The molecule has 2 aromatic rings. The maximum absolute atomic E-state index is 14.4. The van der Waals surface area contributed by atoms with Crippen LogP contribution in [0.3, 0.4) is 0 Å². The first-order valence-electron chi connectivity index (χ1n) is 7.80. The molecule has 136 valence electrons. The minimum absolute atomic E-state index is 0.0125. The van der Waals surface area contributed by atoms with Crippen molar-refractivity contribution in [1.29, 1.82) is 0 Å². The van der Waals surface area contributed by atoms with Crippen LogP contribution in [0.5, 0.6) is 0 Å². The predicted octanol–water partition coefficient (Wildman–Crippen LogP) is 3.42. The molecule has 0 aliphatic heterocycles. The highest BCUT2D eigenvalue weighted by molar-refractivity contribution is 7.93. The number of halogens is 2. The molecule has 0 radical (unpaired) electrons. The van der Waals surface area contributed by atoms with E-state index in [1.165, 1.54) is 6.20 Å². The fourth-order valence-corrected chi connectivity index (χ4v) is 4.99. The number of nitrogens with zero attached hydrogens (tertiary/aromatic N) is 1. The fourth-order valence-electron chi connectivity index (χ4n) is 2.83. The van der Waals surface area contributed by atoms with Gasteiger partial charge in [-0.25, -0.2) is 17.8 Å². The van der Waals surface area contributed by atoms with E-state index in [0.717, 1.165) is 49.2 Å². The third-order valence-corrected chi connectivity index (χ3v) is 6.61. The van der Waals surface area contributed by atoms with Crippen molar-refractivity contribution in [2.45, 2.75) is 42.7 Å². The van der Waals surface area contributed by atoms with E-state index >= 15 is 0 Å². The average molecular weight is 405 g/mol. The normalized spacial score (nSPS) is 21.1. The number of hydrogen-bond acceptors (Lipinski definition) is 6. The molecule has 1 aromatic heterocycles. The Morgan fingerprint density at radius 3 is 2.76 bits per heavy atom. The second-order valence-corrected chi connectivity index (χ2v) is 8.86. The van der Waals surface area contributed by atoms with E-state index < -0.39 is 20.7 Å². The standard InChI is InChI=1S/C15H18ClFN4O2S2/c16-9-7-14(25(22,23)21-15-19-5-6-24-15)10(17)8-13(9)20-12-4-2-1-3-11(12)18/h5-8,11-12,20H,1-4,18H2,(H,19,21)/t11-,12-/m0/s1. The lowest BCUT2D eigenvalue weighted by molar-refractivity contribution is 0.404. The SMILES string of the molecule is N[C@H]1CCCC[C@@H]1Nc1cc(F)c(S(=O)(=O)Nc2nccs2)cc1Cl. The summed E-state index contributed by atoms with van der Waals surface area (Å²) >= 11 is 7.28. The molecule has 1 aromatic carbocycles. The topological polar surface area (TPSA) is 97.1 Å². The van der Waals surface area contributed by atoms with Gasteiger partial charge in [0.1, 0.15) is 10.7 Å². The van der Waals surface area contributed by atoms with Gasteiger partial charge in [-0.05, 0) is 25.0 Å². The number of rotatable bonds is 5. The van der Waals surface area contributed by atoms with Crippen LogP contribution in [0.1, 0.15) is 25.7 Å². The van der Waals surface area contributed by atoms with Crippen molar-refractivity contribution in [3.8, 4) is 0 Å². The number of aromatic nitrogens is 1. The number of benzene rings is 1. The lowest BCUT2D eigenvalue weighted by Gasteiger charge is -2.30. The lowest BCUT2D eigenvalue weighted by Crippen LogP contribution is -2.42. The summed E-state index contributed by atoms with van der Waals surface area (Å²) in [4.78, 5) is 3.31. The first kappa shape index (κ1) is 18.4. The molecule has 1 aliphatic carbocycles. The fraction of sp³-hybridized carbons (Fsp3) is 0.400. The number of hydrogen-bond donors (Lipinski definition) is 3. The highest BCUT2D eigenvalue weighted by atomic mass is 35.5. The molecule has 1 saturated carbocycles. The zero-order valence-corrected chi connectivity index (χ0v) is 15.6. The highest BCUT2D eigenvalue weighted by Gasteiger charge is 2.25. The smallest absolute Gasteiger partial charge is 0.266 e. The zero-order chi connectivity index (χ0) is 18.0. The molecule has 0 amide bonds. The van der Waals surface area contributed by atoms with Gasteiger partial charge in [0, 0.05) is 23.7 Å². The zero-order valence-electron chi connectivity index (χ0n) is 13.2. The molecule has 0 saturated heterocycles. The monoisotopic (exact) mass is 404 g/mol. The Morgan fingerprint density at radius 2 is 2.08 bits per heavy atom. The lowest BCUT2D eigenvalue weighted by atomic mass is 9.91. The molecule has 10 heteroatoms. The molecule has 0 bridgehead atoms. The highest BCUT2D eigenvalue weighted by Crippen LogP contribution is 2.31. The first-order chi connectivity index (χ1) is 11.9. The Balaban J connectivity index is 1.84. The van der Waals surface area contributed by atoms with E-state index in [1.807, 2.05) is 0 Å². The summed E-state index contributed by atoms with van der Waals surface area (Å²) in [6.45, 7) is 0. The van der Waals surface area contributed by atoms with Crippen molar-refractivity contribution in [2.24, 2.45) is 5.73 Å². The number of nitrogens with two attached hydrogens (primary N) is 1. The number of thiazole rings is 1. The van der Waals surface area contributed by atoms with Gasteiger partial charge in [0.2, 0.25) is 0 Å². The van der Waals surface area contributed by atoms with Crippen LogP contribution in [0.4, 0.5) is 15.2 Å². The third kappa shape index (κ3) is 4.22. The Bertz CT molecular complexity index is 845. The molecule has 1 aliphatic rings. The van der Waals surface area contributed by atoms with E-state index in [2.05, 4.69) is 15.0 Å². The van der Waals surface area contributed by atoms with Crippen molar-refractivity contribution in [3.05, 3.63) is 34.5 Å². The molecule has 25 heavy (non-hydrogen) atoms.